The molecule has 0 unspecified atom stereocenters. The highest BCUT2D eigenvalue weighted by molar-refractivity contribution is 5.85. The summed E-state index contributed by atoms with van der Waals surface area (Å²) >= 11 is 0. The van der Waals surface area contributed by atoms with Gasteiger partial charge in [0.1, 0.15) is 0 Å². The number of nitrogens with one attached hydrogen (secondary N) is 1. The average Bonchev–Trinajstić information content (AvgIpc) is 2.72. The second-order valence-electron chi connectivity index (χ2n) is 5.63. The smallest absolute Gasteiger partial charge is 0.311 e. The van der Waals surface area contributed by atoms with Gasteiger partial charge in [-0.2, -0.15) is 13.2 Å². The first kappa shape index (κ1) is 22.5. The molecule has 7 heteroatoms. The van der Waals surface area contributed by atoms with Gasteiger partial charge in [-0.1, -0.05) is 31.0 Å². The van der Waals surface area contributed by atoms with E-state index < -0.39 is 11.7 Å². The number of hydrogen-bond donors (Lipinski definition) is 1. The number of nitrogens with zero attached hydrogens (tertiary/aromatic N) is 1. The Kier molecular flexibility index (Phi) is 10.9. The van der Waals surface area contributed by atoms with Crippen molar-refractivity contribution in [3.8, 4) is 0 Å². The first-order valence-corrected chi connectivity index (χ1v) is 7.65. The third kappa shape index (κ3) is 8.25. The van der Waals surface area contributed by atoms with Gasteiger partial charge in [-0.25, -0.2) is 0 Å². The molecule has 1 fully saturated rings. The van der Waals surface area contributed by atoms with E-state index in [0.717, 1.165) is 32.2 Å². The molecule has 0 spiro atoms. The molecule has 0 aromatic heterocycles. The van der Waals surface area contributed by atoms with Crippen LogP contribution in [0.4, 0.5) is 13.2 Å². The highest BCUT2D eigenvalue weighted by atomic mass is 35.5. The van der Waals surface area contributed by atoms with E-state index in [1.807, 2.05) is 0 Å². The van der Waals surface area contributed by atoms with E-state index in [1.165, 1.54) is 37.8 Å². The van der Waals surface area contributed by atoms with Gasteiger partial charge in [-0.3, -0.25) is 0 Å². The van der Waals surface area contributed by atoms with E-state index in [1.54, 1.807) is 6.07 Å². The van der Waals surface area contributed by atoms with Crippen molar-refractivity contribution < 1.29 is 13.2 Å². The highest BCUT2D eigenvalue weighted by Gasteiger charge is 2.30. The van der Waals surface area contributed by atoms with Crippen LogP contribution in [0.5, 0.6) is 0 Å². The van der Waals surface area contributed by atoms with Crippen LogP contribution in [-0.2, 0) is 12.7 Å². The van der Waals surface area contributed by atoms with Crippen molar-refractivity contribution in [2.24, 2.45) is 0 Å². The van der Waals surface area contributed by atoms with Crippen molar-refractivity contribution in [3.05, 3.63) is 35.4 Å². The van der Waals surface area contributed by atoms with E-state index in [9.17, 15) is 13.2 Å². The third-order valence-electron chi connectivity index (χ3n) is 3.89. The fraction of sp³-hybridized carbons (Fsp3) is 0.625. The van der Waals surface area contributed by atoms with Crippen molar-refractivity contribution in [2.45, 2.75) is 38.4 Å². The first-order chi connectivity index (χ1) is 10.1. The predicted molar refractivity (Wildman–Crippen MR) is 92.6 cm³/mol. The molecule has 0 radical (unpaired) electrons. The van der Waals surface area contributed by atoms with Gasteiger partial charge in [-0.05, 0) is 37.6 Å². The Balaban J connectivity index is 0.00000242. The topological polar surface area (TPSA) is 15.3 Å². The molecule has 2 nitrogen and oxygen atoms in total. The lowest BCUT2D eigenvalue weighted by molar-refractivity contribution is -0.137. The molecule has 1 saturated heterocycles. The molecule has 23 heavy (non-hydrogen) atoms. The summed E-state index contributed by atoms with van der Waals surface area (Å²) in [5.41, 5.74) is 0.106. The van der Waals surface area contributed by atoms with Crippen LogP contribution in [0.1, 0.15) is 36.8 Å². The van der Waals surface area contributed by atoms with Gasteiger partial charge in [-0.15, -0.1) is 24.8 Å². The summed E-state index contributed by atoms with van der Waals surface area (Å²) in [7, 11) is 0. The van der Waals surface area contributed by atoms with Crippen LogP contribution in [0.15, 0.2) is 24.3 Å². The quantitative estimate of drug-likeness (QED) is 0.764. The van der Waals surface area contributed by atoms with Gasteiger partial charge < -0.3 is 10.2 Å². The van der Waals surface area contributed by atoms with Crippen LogP contribution in [0.25, 0.3) is 0 Å². The molecule has 2 rings (SSSR count). The molecule has 1 N–H and O–H groups in total. The Labute approximate surface area is 148 Å². The van der Waals surface area contributed by atoms with Gasteiger partial charge in [0.15, 0.2) is 0 Å². The van der Waals surface area contributed by atoms with Crippen molar-refractivity contribution in [1.29, 1.82) is 0 Å². The van der Waals surface area contributed by atoms with Crippen molar-refractivity contribution in [2.75, 3.05) is 26.2 Å². The normalized spacial score (nSPS) is 16.1. The minimum atomic E-state index is -4.26. The van der Waals surface area contributed by atoms with Gasteiger partial charge in [0.05, 0.1) is 5.56 Å². The lowest BCUT2D eigenvalue weighted by Crippen LogP contribution is -2.32. The fourth-order valence-electron chi connectivity index (χ4n) is 2.69. The number of likely N-dealkylation sites (tertiary alicyclic amines) is 1. The lowest BCUT2D eigenvalue weighted by Gasteiger charge is -2.19. The fourth-order valence-corrected chi connectivity index (χ4v) is 2.69. The Hall–Kier alpha value is -0.490. The maximum absolute atomic E-state index is 12.6. The number of hydrogen-bond acceptors (Lipinski definition) is 2. The van der Waals surface area contributed by atoms with Gasteiger partial charge in [0.2, 0.25) is 0 Å². The summed E-state index contributed by atoms with van der Waals surface area (Å²) in [6.45, 7) is 4.56. The number of alkyl halides is 3. The second kappa shape index (κ2) is 11.1. The van der Waals surface area contributed by atoms with Gasteiger partial charge in [0.25, 0.3) is 0 Å². The summed E-state index contributed by atoms with van der Waals surface area (Å²) in [4.78, 5) is 2.44. The predicted octanol–water partition coefficient (Wildman–Crippen LogP) is 4.51. The Morgan fingerprint density at radius 3 is 2.26 bits per heavy atom. The van der Waals surface area contributed by atoms with Gasteiger partial charge >= 0.3 is 6.18 Å². The van der Waals surface area contributed by atoms with Gasteiger partial charge in [0, 0.05) is 19.6 Å². The molecule has 1 heterocycles. The number of benzene rings is 1. The van der Waals surface area contributed by atoms with E-state index in [4.69, 9.17) is 0 Å². The van der Waals surface area contributed by atoms with E-state index in [2.05, 4.69) is 10.2 Å². The molecule has 1 aliphatic heterocycles. The zero-order valence-electron chi connectivity index (χ0n) is 13.1. The molecule has 1 aromatic carbocycles. The average molecular weight is 373 g/mol. The Bertz CT molecular complexity index is 434. The van der Waals surface area contributed by atoms with Crippen molar-refractivity contribution in [1.82, 2.24) is 10.2 Å². The zero-order valence-corrected chi connectivity index (χ0v) is 14.7. The molecular weight excluding hydrogens is 348 g/mol. The first-order valence-electron chi connectivity index (χ1n) is 7.65. The summed E-state index contributed by atoms with van der Waals surface area (Å²) < 4.78 is 37.8. The maximum Gasteiger partial charge on any atom is 0.416 e. The molecule has 1 aromatic rings. The number of halogens is 5. The monoisotopic (exact) mass is 372 g/mol. The molecule has 1 aliphatic rings. The summed E-state index contributed by atoms with van der Waals surface area (Å²) in [6.07, 6.45) is 0.881. The van der Waals surface area contributed by atoms with Crippen LogP contribution in [0.2, 0.25) is 0 Å². The molecule has 0 saturated carbocycles. The summed E-state index contributed by atoms with van der Waals surface area (Å²) in [5, 5.41) is 3.24. The van der Waals surface area contributed by atoms with E-state index in [-0.39, 0.29) is 24.8 Å². The van der Waals surface area contributed by atoms with Crippen LogP contribution in [0, 0.1) is 0 Å². The number of rotatable bonds is 5. The molecular formula is C16H25Cl2F3N2. The summed E-state index contributed by atoms with van der Waals surface area (Å²) in [6, 6.07) is 5.53. The van der Waals surface area contributed by atoms with Crippen LogP contribution in [-0.4, -0.2) is 31.1 Å². The minimum Gasteiger partial charge on any atom is -0.311 e. The summed E-state index contributed by atoms with van der Waals surface area (Å²) in [5.74, 6) is 0. The molecule has 0 atom stereocenters. The van der Waals surface area contributed by atoms with Crippen LogP contribution >= 0.6 is 24.8 Å². The van der Waals surface area contributed by atoms with E-state index in [0.29, 0.717) is 12.1 Å². The molecule has 134 valence electrons. The van der Waals surface area contributed by atoms with Crippen LogP contribution < -0.4 is 5.32 Å². The minimum absolute atomic E-state index is 0. The Morgan fingerprint density at radius 1 is 1.00 bits per heavy atom. The van der Waals surface area contributed by atoms with E-state index >= 15 is 0 Å². The molecule has 0 bridgehead atoms. The maximum atomic E-state index is 12.6. The zero-order chi connectivity index (χ0) is 15.1. The standard InChI is InChI=1S/C16H23F3N2.2ClH/c17-16(18,19)15-7-5-6-14(12-15)13-20-8-11-21-9-3-1-2-4-10-21;;/h5-7,12,20H,1-4,8-11,13H2;2*1H. The second-order valence-corrected chi connectivity index (χ2v) is 5.63. The van der Waals surface area contributed by atoms with Crippen LogP contribution in [0.3, 0.4) is 0 Å². The lowest BCUT2D eigenvalue weighted by atomic mass is 10.1. The SMILES string of the molecule is Cl.Cl.FC(F)(F)c1cccc(CNCCN2CCCCCC2)c1. The molecule has 0 aliphatic carbocycles. The third-order valence-corrected chi connectivity index (χ3v) is 3.89. The van der Waals surface area contributed by atoms with Crippen molar-refractivity contribution in [3.63, 3.8) is 0 Å². The largest absolute Gasteiger partial charge is 0.416 e. The Morgan fingerprint density at radius 2 is 1.65 bits per heavy atom. The van der Waals surface area contributed by atoms with Crippen molar-refractivity contribution >= 4 is 24.8 Å². The highest BCUT2D eigenvalue weighted by Crippen LogP contribution is 2.29. The molecule has 0 amide bonds.